The van der Waals surface area contributed by atoms with E-state index in [1.165, 1.54) is 0 Å². The lowest BCUT2D eigenvalue weighted by Crippen LogP contribution is -2.36. The van der Waals surface area contributed by atoms with Gasteiger partial charge in [-0.3, -0.25) is 19.3 Å². The van der Waals surface area contributed by atoms with Gasteiger partial charge < -0.3 is 9.88 Å². The molecule has 0 radical (unpaired) electrons. The summed E-state index contributed by atoms with van der Waals surface area (Å²) in [6, 6.07) is 20.1. The second-order valence-electron chi connectivity index (χ2n) is 8.25. The van der Waals surface area contributed by atoms with Crippen LogP contribution in [-0.4, -0.2) is 33.1 Å². The fourth-order valence-corrected chi connectivity index (χ4v) is 5.64. The van der Waals surface area contributed by atoms with E-state index >= 15 is 0 Å². The van der Waals surface area contributed by atoms with Crippen LogP contribution >= 0.6 is 50.9 Å². The Bertz CT molecular complexity index is 1560. The number of anilines is 1. The van der Waals surface area contributed by atoms with Gasteiger partial charge in [-0.25, -0.2) is 0 Å². The van der Waals surface area contributed by atoms with Crippen molar-refractivity contribution in [3.8, 4) is 0 Å². The minimum absolute atomic E-state index is 0.250. The van der Waals surface area contributed by atoms with E-state index in [2.05, 4.69) is 21.2 Å². The quantitative estimate of drug-likeness (QED) is 0.229. The van der Waals surface area contributed by atoms with Gasteiger partial charge in [0.25, 0.3) is 11.1 Å². The van der Waals surface area contributed by atoms with Gasteiger partial charge in [-0.2, -0.15) is 0 Å². The van der Waals surface area contributed by atoms with Crippen LogP contribution in [0.1, 0.15) is 11.1 Å². The highest BCUT2D eigenvalue weighted by atomic mass is 79.9. The fraction of sp³-hybridized carbons (Fsp3) is 0.0741. The van der Waals surface area contributed by atoms with E-state index in [-0.39, 0.29) is 11.4 Å². The molecule has 3 amide bonds. The van der Waals surface area contributed by atoms with Crippen LogP contribution in [0, 0.1) is 0 Å². The number of para-hydroxylation sites is 1. The molecule has 1 aromatic heterocycles. The molecular weight excluding hydrogens is 597 g/mol. The number of amides is 3. The minimum atomic E-state index is -0.507. The number of nitrogens with one attached hydrogen (secondary N) is 1. The van der Waals surface area contributed by atoms with Crippen molar-refractivity contribution in [3.63, 3.8) is 0 Å². The SMILES string of the molecule is O=C(CN1C(=O)S/C(=C\c2cn(Cc3c(Cl)cccc3Cl)c3ccccc23)C1=O)Nc1ccc(Br)cc1. The molecule has 0 saturated carbocycles. The Morgan fingerprint density at radius 2 is 1.68 bits per heavy atom. The Labute approximate surface area is 235 Å². The first-order valence-corrected chi connectivity index (χ1v) is 13.5. The lowest BCUT2D eigenvalue weighted by atomic mass is 10.1. The standard InChI is InChI=1S/C27H18BrCl2N3O3S/c28-17-8-10-18(11-9-17)31-25(34)15-33-26(35)24(37-27(33)36)12-16-13-32(23-7-2-1-4-19(16)23)14-20-21(29)5-3-6-22(20)30/h1-13H,14-15H2,(H,31,34)/b24-12-. The highest BCUT2D eigenvalue weighted by Crippen LogP contribution is 2.35. The summed E-state index contributed by atoms with van der Waals surface area (Å²) >= 11 is 16.9. The first kappa shape index (κ1) is 25.6. The average molecular weight is 615 g/mol. The van der Waals surface area contributed by atoms with Gasteiger partial charge in [0.1, 0.15) is 6.54 Å². The predicted molar refractivity (Wildman–Crippen MR) is 153 cm³/mol. The van der Waals surface area contributed by atoms with Crippen molar-refractivity contribution in [3.05, 3.63) is 103 Å². The maximum absolute atomic E-state index is 13.1. The van der Waals surface area contributed by atoms with Gasteiger partial charge in [0, 0.05) is 48.4 Å². The number of hydrogen-bond donors (Lipinski definition) is 1. The van der Waals surface area contributed by atoms with Crippen molar-refractivity contribution in [2.75, 3.05) is 11.9 Å². The number of carbonyl (C=O) groups is 3. The van der Waals surface area contributed by atoms with Crippen molar-refractivity contribution >= 4 is 90.6 Å². The number of nitrogens with zero attached hydrogens (tertiary/aromatic N) is 2. The van der Waals surface area contributed by atoms with Crippen LogP contribution < -0.4 is 5.32 Å². The van der Waals surface area contributed by atoms with E-state index < -0.39 is 17.1 Å². The van der Waals surface area contributed by atoms with Gasteiger partial charge in [0.15, 0.2) is 0 Å². The zero-order valence-corrected chi connectivity index (χ0v) is 23.0. The van der Waals surface area contributed by atoms with E-state index in [4.69, 9.17) is 23.2 Å². The molecular formula is C27H18BrCl2N3O3S. The smallest absolute Gasteiger partial charge is 0.294 e. The minimum Gasteiger partial charge on any atom is -0.342 e. The van der Waals surface area contributed by atoms with Crippen LogP contribution in [-0.2, 0) is 16.1 Å². The average Bonchev–Trinajstić information content (AvgIpc) is 3.35. The molecule has 5 rings (SSSR count). The second kappa shape index (κ2) is 10.8. The molecule has 10 heteroatoms. The van der Waals surface area contributed by atoms with Crippen molar-refractivity contribution in [2.45, 2.75) is 6.54 Å². The molecule has 0 atom stereocenters. The van der Waals surface area contributed by atoms with Crippen LogP contribution in [0.2, 0.25) is 10.0 Å². The Morgan fingerprint density at radius 1 is 0.973 bits per heavy atom. The Hall–Kier alpha value is -3.04. The molecule has 1 aliphatic rings. The molecule has 37 heavy (non-hydrogen) atoms. The first-order chi connectivity index (χ1) is 17.8. The van der Waals surface area contributed by atoms with Gasteiger partial charge in [-0.1, -0.05) is 63.4 Å². The largest absolute Gasteiger partial charge is 0.342 e. The third-order valence-corrected chi connectivity index (χ3v) is 7.94. The molecule has 1 aliphatic heterocycles. The van der Waals surface area contributed by atoms with Crippen LogP contribution in [0.5, 0.6) is 0 Å². The maximum Gasteiger partial charge on any atom is 0.294 e. The lowest BCUT2D eigenvalue weighted by molar-refractivity contribution is -0.127. The van der Waals surface area contributed by atoms with Gasteiger partial charge >= 0.3 is 0 Å². The van der Waals surface area contributed by atoms with Gasteiger partial charge in [0.05, 0.1) is 11.4 Å². The number of aromatic nitrogens is 1. The van der Waals surface area contributed by atoms with E-state index in [0.717, 1.165) is 43.2 Å². The van der Waals surface area contributed by atoms with E-state index in [1.54, 1.807) is 48.5 Å². The summed E-state index contributed by atoms with van der Waals surface area (Å²) in [6.07, 6.45) is 3.59. The molecule has 6 nitrogen and oxygen atoms in total. The summed E-state index contributed by atoms with van der Waals surface area (Å²) in [5.41, 5.74) is 3.05. The number of benzene rings is 3. The molecule has 1 N–H and O–H groups in total. The van der Waals surface area contributed by atoms with Crippen molar-refractivity contribution in [2.24, 2.45) is 0 Å². The molecule has 1 saturated heterocycles. The number of rotatable bonds is 6. The third-order valence-electron chi connectivity index (χ3n) is 5.80. The predicted octanol–water partition coefficient (Wildman–Crippen LogP) is 7.43. The second-order valence-corrected chi connectivity index (χ2v) is 11.0. The molecule has 0 spiro atoms. The zero-order chi connectivity index (χ0) is 26.1. The van der Waals surface area contributed by atoms with Crippen LogP contribution in [0.3, 0.4) is 0 Å². The highest BCUT2D eigenvalue weighted by Gasteiger charge is 2.36. The molecule has 2 heterocycles. The van der Waals surface area contributed by atoms with Gasteiger partial charge in [0.2, 0.25) is 5.91 Å². The Morgan fingerprint density at radius 3 is 2.41 bits per heavy atom. The fourth-order valence-electron chi connectivity index (χ4n) is 4.03. The molecule has 1 fully saturated rings. The Balaban J connectivity index is 1.39. The summed E-state index contributed by atoms with van der Waals surface area (Å²) in [6.45, 7) is 0.0649. The van der Waals surface area contributed by atoms with Gasteiger partial charge in [-0.05, 0) is 60.3 Å². The van der Waals surface area contributed by atoms with Crippen molar-refractivity contribution in [1.82, 2.24) is 9.47 Å². The Kier molecular flexibility index (Phi) is 7.44. The van der Waals surface area contributed by atoms with Crippen molar-refractivity contribution < 1.29 is 14.4 Å². The summed E-state index contributed by atoms with van der Waals surface area (Å²) in [7, 11) is 0. The number of fused-ring (bicyclic) bond motifs is 1. The maximum atomic E-state index is 13.1. The van der Waals surface area contributed by atoms with E-state index in [9.17, 15) is 14.4 Å². The van der Waals surface area contributed by atoms with E-state index in [1.807, 2.05) is 35.0 Å². The van der Waals surface area contributed by atoms with Crippen LogP contribution in [0.15, 0.2) is 82.3 Å². The normalized spacial score (nSPS) is 14.7. The summed E-state index contributed by atoms with van der Waals surface area (Å²) < 4.78 is 2.88. The molecule has 3 aromatic carbocycles. The zero-order valence-electron chi connectivity index (χ0n) is 19.1. The topological polar surface area (TPSA) is 71.4 Å². The van der Waals surface area contributed by atoms with E-state index in [0.29, 0.717) is 22.3 Å². The number of carbonyl (C=O) groups excluding carboxylic acids is 3. The lowest BCUT2D eigenvalue weighted by Gasteiger charge is -2.12. The third kappa shape index (κ3) is 5.48. The first-order valence-electron chi connectivity index (χ1n) is 11.1. The summed E-state index contributed by atoms with van der Waals surface area (Å²) in [5, 5.41) is 4.25. The molecule has 186 valence electrons. The summed E-state index contributed by atoms with van der Waals surface area (Å²) in [4.78, 5) is 39.4. The highest BCUT2D eigenvalue weighted by molar-refractivity contribution is 9.10. The number of hydrogen-bond acceptors (Lipinski definition) is 4. The monoisotopic (exact) mass is 613 g/mol. The van der Waals surface area contributed by atoms with Crippen molar-refractivity contribution in [1.29, 1.82) is 0 Å². The number of halogens is 3. The molecule has 4 aromatic rings. The van der Waals surface area contributed by atoms with Gasteiger partial charge in [-0.15, -0.1) is 0 Å². The van der Waals surface area contributed by atoms with Crippen LogP contribution in [0.4, 0.5) is 10.5 Å². The molecule has 0 bridgehead atoms. The number of imide groups is 1. The molecule has 0 aliphatic carbocycles. The van der Waals surface area contributed by atoms with Crippen LogP contribution in [0.25, 0.3) is 17.0 Å². The number of thioether (sulfide) groups is 1. The summed E-state index contributed by atoms with van der Waals surface area (Å²) in [5.74, 6) is -0.967. The molecule has 0 unspecified atom stereocenters.